The van der Waals surface area contributed by atoms with Crippen LogP contribution in [0.1, 0.15) is 0 Å². The molecule has 0 rings (SSSR count). The van der Waals surface area contributed by atoms with E-state index in [0.717, 1.165) is 0 Å². The van der Waals surface area contributed by atoms with Crippen molar-refractivity contribution in [3.05, 3.63) is 0 Å². The zero-order chi connectivity index (χ0) is 4.28. The lowest BCUT2D eigenvalue weighted by Gasteiger charge is -1.78. The molecule has 0 aromatic rings. The summed E-state index contributed by atoms with van der Waals surface area (Å²) >= 11 is 0. The highest BCUT2D eigenvalue weighted by Crippen LogP contribution is 1.45. The van der Waals surface area contributed by atoms with E-state index >= 15 is 0 Å². The van der Waals surface area contributed by atoms with Crippen molar-refractivity contribution in [3.8, 4) is 0 Å². The third kappa shape index (κ3) is 9.26. The minimum absolute atomic E-state index is 0. The summed E-state index contributed by atoms with van der Waals surface area (Å²) in [6, 6.07) is 0. The molecule has 0 atom stereocenters. The van der Waals surface area contributed by atoms with Crippen LogP contribution < -0.4 is 5.32 Å². The van der Waals surface area contributed by atoms with Crippen LogP contribution in [0.5, 0.6) is 0 Å². The van der Waals surface area contributed by atoms with Crippen LogP contribution in [0.15, 0.2) is 0 Å². The Kier molecular flexibility index (Phi) is 7.30. The molecule has 2 N–H and O–H groups in total. The van der Waals surface area contributed by atoms with Crippen LogP contribution in [0.3, 0.4) is 0 Å². The Labute approximate surface area is 46.1 Å². The van der Waals surface area contributed by atoms with Gasteiger partial charge < -0.3 is 10.4 Å². The van der Waals surface area contributed by atoms with Gasteiger partial charge in [0, 0.05) is 7.05 Å². The normalized spacial score (nSPS) is 5.50. The standard InChI is InChI=1S/C2H5NO2.BrH/c1-3-2(4)5;/h3H,1H3,(H,4,5);1H. The summed E-state index contributed by atoms with van der Waals surface area (Å²) in [4.78, 5) is 9.26. The van der Waals surface area contributed by atoms with Gasteiger partial charge in [0.25, 0.3) is 0 Å². The second-order valence-corrected chi connectivity index (χ2v) is 0.555. The second kappa shape index (κ2) is 4.75. The fourth-order valence-electron chi connectivity index (χ4n) is 0. The number of carbonyl (C=O) groups is 1. The highest BCUT2D eigenvalue weighted by atomic mass is 79.9. The molecule has 0 aromatic carbocycles. The first-order valence-electron chi connectivity index (χ1n) is 1.18. The van der Waals surface area contributed by atoms with Crippen LogP contribution in [0.25, 0.3) is 0 Å². The van der Waals surface area contributed by atoms with Gasteiger partial charge in [-0.05, 0) is 0 Å². The van der Waals surface area contributed by atoms with Gasteiger partial charge in [-0.1, -0.05) is 0 Å². The van der Waals surface area contributed by atoms with Gasteiger partial charge in [0.05, 0.1) is 0 Å². The molecule has 0 heterocycles. The van der Waals surface area contributed by atoms with E-state index in [1.54, 1.807) is 0 Å². The number of hydrogen-bond acceptors (Lipinski definition) is 1. The summed E-state index contributed by atoms with van der Waals surface area (Å²) in [5.74, 6) is 0. The van der Waals surface area contributed by atoms with E-state index in [9.17, 15) is 4.79 Å². The minimum atomic E-state index is -0.995. The van der Waals surface area contributed by atoms with E-state index in [-0.39, 0.29) is 17.0 Å². The molecule has 0 spiro atoms. The summed E-state index contributed by atoms with van der Waals surface area (Å²) in [7, 11) is 1.35. The van der Waals surface area contributed by atoms with Crippen molar-refractivity contribution in [2.75, 3.05) is 7.05 Å². The molecule has 0 aromatic heterocycles. The fraction of sp³-hybridized carbons (Fsp3) is 0.500. The molecule has 0 saturated heterocycles. The van der Waals surface area contributed by atoms with E-state index in [1.165, 1.54) is 7.05 Å². The van der Waals surface area contributed by atoms with Crippen LogP contribution in [0, 0.1) is 0 Å². The molecule has 1 amide bonds. The summed E-state index contributed by atoms with van der Waals surface area (Å²) in [5, 5.41) is 9.56. The monoisotopic (exact) mass is 155 g/mol. The summed E-state index contributed by atoms with van der Waals surface area (Å²) < 4.78 is 0. The topological polar surface area (TPSA) is 49.3 Å². The van der Waals surface area contributed by atoms with Crippen molar-refractivity contribution in [2.45, 2.75) is 0 Å². The molecule has 0 bridgehead atoms. The van der Waals surface area contributed by atoms with Crippen LogP contribution in [-0.4, -0.2) is 18.2 Å². The third-order valence-electron chi connectivity index (χ3n) is 0.214. The fourth-order valence-corrected chi connectivity index (χ4v) is 0. The minimum Gasteiger partial charge on any atom is -0.465 e. The van der Waals surface area contributed by atoms with Crippen molar-refractivity contribution in [2.24, 2.45) is 0 Å². The first kappa shape index (κ1) is 9.23. The molecule has 4 heteroatoms. The predicted octanol–water partition coefficient (Wildman–Crippen LogP) is 0.462. The van der Waals surface area contributed by atoms with Gasteiger partial charge in [0.1, 0.15) is 0 Å². The van der Waals surface area contributed by atoms with Gasteiger partial charge in [0.2, 0.25) is 0 Å². The van der Waals surface area contributed by atoms with E-state index in [0.29, 0.717) is 0 Å². The maximum Gasteiger partial charge on any atom is 0.404 e. The quantitative estimate of drug-likeness (QED) is 0.535. The molecule has 0 aliphatic rings. The van der Waals surface area contributed by atoms with Crippen LogP contribution in [-0.2, 0) is 0 Å². The first-order chi connectivity index (χ1) is 2.27. The molecule has 0 radical (unpaired) electrons. The van der Waals surface area contributed by atoms with E-state index in [2.05, 4.69) is 0 Å². The van der Waals surface area contributed by atoms with E-state index in [4.69, 9.17) is 5.11 Å². The van der Waals surface area contributed by atoms with Crippen molar-refractivity contribution >= 4 is 23.1 Å². The molecule has 6 heavy (non-hydrogen) atoms. The van der Waals surface area contributed by atoms with Crippen LogP contribution in [0.2, 0.25) is 0 Å². The molecule has 0 aliphatic carbocycles. The maximum atomic E-state index is 9.26. The van der Waals surface area contributed by atoms with Crippen LogP contribution in [0.4, 0.5) is 4.79 Å². The van der Waals surface area contributed by atoms with Crippen molar-refractivity contribution in [3.63, 3.8) is 0 Å². The molecule has 3 nitrogen and oxygen atoms in total. The summed E-state index contributed by atoms with van der Waals surface area (Å²) in [6.45, 7) is 0. The number of carboxylic acid groups (broad SMARTS) is 1. The van der Waals surface area contributed by atoms with Crippen molar-refractivity contribution < 1.29 is 9.90 Å². The van der Waals surface area contributed by atoms with Crippen molar-refractivity contribution in [1.29, 1.82) is 0 Å². The Bertz CT molecular complexity index is 46.8. The van der Waals surface area contributed by atoms with Crippen molar-refractivity contribution in [1.82, 2.24) is 5.32 Å². The highest BCUT2D eigenvalue weighted by molar-refractivity contribution is 8.93. The number of halogens is 1. The molecule has 38 valence electrons. The molecule has 0 unspecified atom stereocenters. The largest absolute Gasteiger partial charge is 0.465 e. The number of nitrogens with one attached hydrogen (secondary N) is 1. The zero-order valence-electron chi connectivity index (χ0n) is 3.26. The lowest BCUT2D eigenvalue weighted by molar-refractivity contribution is 0.197. The molecule has 0 saturated carbocycles. The Morgan fingerprint density at radius 2 is 2.00 bits per heavy atom. The number of amides is 1. The first-order valence-corrected chi connectivity index (χ1v) is 1.18. The Morgan fingerprint density at radius 1 is 1.83 bits per heavy atom. The smallest absolute Gasteiger partial charge is 0.404 e. The van der Waals surface area contributed by atoms with Gasteiger partial charge >= 0.3 is 6.09 Å². The summed E-state index contributed by atoms with van der Waals surface area (Å²) in [6.07, 6.45) is -0.995. The van der Waals surface area contributed by atoms with Crippen LogP contribution >= 0.6 is 17.0 Å². The zero-order valence-corrected chi connectivity index (χ0v) is 4.98. The molecular weight excluding hydrogens is 150 g/mol. The average Bonchev–Trinajstić information content (AvgIpc) is 1.38. The lowest BCUT2D eigenvalue weighted by atomic mass is 11.1. The van der Waals surface area contributed by atoms with Gasteiger partial charge in [-0.25, -0.2) is 4.79 Å². The van der Waals surface area contributed by atoms with E-state index < -0.39 is 6.09 Å². The highest BCUT2D eigenvalue weighted by Gasteiger charge is 1.76. The SMILES string of the molecule is Br.CNC(=O)O. The van der Waals surface area contributed by atoms with Gasteiger partial charge in [-0.15, -0.1) is 17.0 Å². The van der Waals surface area contributed by atoms with E-state index in [1.807, 2.05) is 5.32 Å². The average molecular weight is 156 g/mol. The molecular formula is C2H6BrNO2. The van der Waals surface area contributed by atoms with Gasteiger partial charge in [-0.3, -0.25) is 0 Å². The molecule has 0 aliphatic heterocycles. The molecule has 0 fully saturated rings. The Balaban J connectivity index is 0. The summed E-state index contributed by atoms with van der Waals surface area (Å²) in [5.41, 5.74) is 0. The second-order valence-electron chi connectivity index (χ2n) is 0.555. The van der Waals surface area contributed by atoms with Gasteiger partial charge in [0.15, 0.2) is 0 Å². The number of rotatable bonds is 0. The predicted molar refractivity (Wildman–Crippen MR) is 27.4 cm³/mol. The number of hydrogen-bond donors (Lipinski definition) is 2. The Hall–Kier alpha value is -0.250. The third-order valence-corrected chi connectivity index (χ3v) is 0.214. The Morgan fingerprint density at radius 3 is 2.00 bits per heavy atom. The van der Waals surface area contributed by atoms with Gasteiger partial charge in [-0.2, -0.15) is 0 Å². The maximum absolute atomic E-state index is 9.26. The lowest BCUT2D eigenvalue weighted by Crippen LogP contribution is -2.13.